The minimum absolute atomic E-state index is 0.0635. The van der Waals surface area contributed by atoms with E-state index in [0.29, 0.717) is 37.4 Å². The van der Waals surface area contributed by atoms with E-state index in [1.807, 2.05) is 47.4 Å². The number of nitrogen functional groups attached to an aromatic ring is 1. The summed E-state index contributed by atoms with van der Waals surface area (Å²) in [5, 5.41) is 34.3. The highest BCUT2D eigenvalue weighted by Gasteiger charge is 2.23. The fourth-order valence-electron chi connectivity index (χ4n) is 4.40. The van der Waals surface area contributed by atoms with Crippen LogP contribution >= 0.6 is 0 Å². The second kappa shape index (κ2) is 18.9. The molecule has 16 heteroatoms. The van der Waals surface area contributed by atoms with Gasteiger partial charge in [-0.05, 0) is 49.5 Å². The first-order valence-electron chi connectivity index (χ1n) is 14.3. The fraction of sp³-hybridized carbons (Fsp3) is 0.323. The van der Waals surface area contributed by atoms with Crippen LogP contribution in [0.1, 0.15) is 0 Å². The summed E-state index contributed by atoms with van der Waals surface area (Å²) in [6.45, 7) is 6.86. The average molecular weight is 657 g/mol. The lowest BCUT2D eigenvalue weighted by molar-refractivity contribution is -0.134. The first-order valence-corrected chi connectivity index (χ1v) is 14.3. The Hall–Kier alpha value is -5.77. The number of piperazine rings is 2. The van der Waals surface area contributed by atoms with Gasteiger partial charge in [-0.1, -0.05) is 0 Å². The van der Waals surface area contributed by atoms with E-state index >= 15 is 0 Å². The number of ether oxygens (including phenoxy) is 1. The molecule has 2 aliphatic rings. The van der Waals surface area contributed by atoms with Crippen LogP contribution in [0.2, 0.25) is 0 Å². The van der Waals surface area contributed by atoms with Gasteiger partial charge in [0, 0.05) is 93.7 Å². The van der Waals surface area contributed by atoms with Gasteiger partial charge in [0.05, 0.1) is 12.8 Å². The maximum Gasteiger partial charge on any atom is 0.328 e. The van der Waals surface area contributed by atoms with Gasteiger partial charge in [-0.3, -0.25) is 0 Å². The van der Waals surface area contributed by atoms with E-state index in [-0.39, 0.29) is 6.03 Å². The number of likely N-dealkylation sites (N-methyl/N-ethyl adjacent to an activating group) is 1. The number of anilines is 4. The Labute approximate surface area is 271 Å². The molecule has 0 atom stereocenters. The first-order chi connectivity index (χ1) is 22.3. The van der Waals surface area contributed by atoms with E-state index in [4.69, 9.17) is 30.9 Å². The number of rotatable bonds is 8. The number of carbonyl (C=O) groups excluding carboxylic acids is 1. The lowest BCUT2D eigenvalue weighted by atomic mass is 10.2. The molecule has 254 valence electrons. The van der Waals surface area contributed by atoms with Gasteiger partial charge in [0.25, 0.3) is 0 Å². The molecule has 0 bridgehead atoms. The molecule has 2 heterocycles. The third-order valence-corrected chi connectivity index (χ3v) is 6.84. The second-order valence-corrected chi connectivity index (χ2v) is 10.2. The van der Waals surface area contributed by atoms with E-state index in [1.54, 1.807) is 7.11 Å². The summed E-state index contributed by atoms with van der Waals surface area (Å²) >= 11 is 0. The molecule has 47 heavy (non-hydrogen) atoms. The van der Waals surface area contributed by atoms with Crippen molar-refractivity contribution in [2.75, 3.05) is 87.4 Å². The van der Waals surface area contributed by atoms with Crippen LogP contribution in [0.5, 0.6) is 5.75 Å². The number of nitrogens with two attached hydrogens (primary N) is 1. The van der Waals surface area contributed by atoms with Gasteiger partial charge in [0.15, 0.2) is 0 Å². The van der Waals surface area contributed by atoms with Gasteiger partial charge < -0.3 is 55.8 Å². The van der Waals surface area contributed by atoms with Crippen molar-refractivity contribution < 1.29 is 49.1 Å². The zero-order valence-electron chi connectivity index (χ0n) is 26.1. The van der Waals surface area contributed by atoms with Crippen LogP contribution in [0, 0.1) is 0 Å². The van der Waals surface area contributed by atoms with Crippen LogP contribution in [0.3, 0.4) is 0 Å². The largest absolute Gasteiger partial charge is 0.495 e. The van der Waals surface area contributed by atoms with E-state index in [9.17, 15) is 24.0 Å². The number of methoxy groups -OCH3 is 1. The molecule has 2 aliphatic heterocycles. The molecule has 16 nitrogen and oxygen atoms in total. The number of hydrogen-bond acceptors (Lipinski definition) is 10. The Morgan fingerprint density at radius 2 is 1.17 bits per heavy atom. The Morgan fingerprint density at radius 1 is 0.702 bits per heavy atom. The summed E-state index contributed by atoms with van der Waals surface area (Å²) in [5.74, 6) is -4.20. The van der Waals surface area contributed by atoms with Crippen molar-refractivity contribution in [3.05, 3.63) is 66.8 Å². The van der Waals surface area contributed by atoms with Crippen molar-refractivity contribution in [1.82, 2.24) is 9.80 Å². The summed E-state index contributed by atoms with van der Waals surface area (Å²) in [5.41, 5.74) is 9.50. The molecule has 0 unspecified atom stereocenters. The lowest BCUT2D eigenvalue weighted by Gasteiger charge is -2.36. The van der Waals surface area contributed by atoms with Crippen LogP contribution in [0.4, 0.5) is 27.5 Å². The number of urea groups is 1. The van der Waals surface area contributed by atoms with Crippen LogP contribution in [-0.2, 0) is 19.2 Å². The number of aliphatic carboxylic acids is 4. The SMILES string of the molecule is COc1ccc(NC(=O)N2CCN(c3ccc(N)cc3)CC2)cc1N1CCN(C)CC1.O=C(O)/C=C/C(=O)O.O=C(O)/C=C/C(=O)O. The van der Waals surface area contributed by atoms with E-state index < -0.39 is 23.9 Å². The molecule has 2 amide bonds. The number of carboxylic acid groups (broad SMARTS) is 4. The monoisotopic (exact) mass is 656 g/mol. The highest BCUT2D eigenvalue weighted by atomic mass is 16.5. The standard InChI is InChI=1S/C23H32N6O2.2C4H4O4/c1-26-9-11-28(12-10-26)21-17-19(5-8-22(21)31-2)25-23(30)29-15-13-27(14-16-29)20-6-3-18(24)4-7-20;2*5-3(6)1-2-4(7)8/h3-8,17H,9-16,24H2,1-2H3,(H,25,30);2*1-2H,(H,5,6)(H,7,8)/b;2*2-1+. The highest BCUT2D eigenvalue weighted by molar-refractivity contribution is 5.91. The highest BCUT2D eigenvalue weighted by Crippen LogP contribution is 2.32. The molecule has 7 N–H and O–H groups in total. The zero-order chi connectivity index (χ0) is 34.9. The van der Waals surface area contributed by atoms with Crippen LogP contribution in [-0.4, -0.2) is 127 Å². The molecule has 2 fully saturated rings. The minimum Gasteiger partial charge on any atom is -0.495 e. The third kappa shape index (κ3) is 13.8. The van der Waals surface area contributed by atoms with Crippen LogP contribution in [0.25, 0.3) is 0 Å². The van der Waals surface area contributed by atoms with Crippen molar-refractivity contribution >= 4 is 52.7 Å². The number of amides is 2. The number of nitrogens with zero attached hydrogens (tertiary/aromatic N) is 4. The zero-order valence-corrected chi connectivity index (χ0v) is 26.1. The number of carboxylic acids is 4. The van der Waals surface area contributed by atoms with Gasteiger partial charge in [0.1, 0.15) is 5.75 Å². The van der Waals surface area contributed by atoms with Crippen molar-refractivity contribution in [1.29, 1.82) is 0 Å². The minimum atomic E-state index is -1.26. The third-order valence-electron chi connectivity index (χ3n) is 6.84. The normalized spacial score (nSPS) is 14.8. The second-order valence-electron chi connectivity index (χ2n) is 10.2. The lowest BCUT2D eigenvalue weighted by Crippen LogP contribution is -2.50. The number of carbonyl (C=O) groups is 5. The van der Waals surface area contributed by atoms with Crippen molar-refractivity contribution in [3.8, 4) is 5.75 Å². The van der Waals surface area contributed by atoms with Gasteiger partial charge in [-0.25, -0.2) is 24.0 Å². The smallest absolute Gasteiger partial charge is 0.328 e. The van der Waals surface area contributed by atoms with Crippen LogP contribution < -0.4 is 25.6 Å². The van der Waals surface area contributed by atoms with Gasteiger partial charge in [0.2, 0.25) is 0 Å². The predicted octanol–water partition coefficient (Wildman–Crippen LogP) is 1.81. The molecule has 2 aromatic rings. The number of hydrogen-bond donors (Lipinski definition) is 6. The molecule has 0 saturated carbocycles. The number of nitrogens with one attached hydrogen (secondary N) is 1. The van der Waals surface area contributed by atoms with E-state index in [1.165, 1.54) is 0 Å². The summed E-state index contributed by atoms with van der Waals surface area (Å²) in [4.78, 5) is 59.9. The van der Waals surface area contributed by atoms with Gasteiger partial charge in [-0.15, -0.1) is 0 Å². The maximum absolute atomic E-state index is 12.9. The molecular weight excluding hydrogens is 616 g/mol. The van der Waals surface area contributed by atoms with Gasteiger partial charge >= 0.3 is 29.9 Å². The topological polar surface area (TPSA) is 227 Å². The molecule has 2 aromatic carbocycles. The molecule has 0 aliphatic carbocycles. The van der Waals surface area contributed by atoms with Crippen molar-refractivity contribution in [2.24, 2.45) is 0 Å². The van der Waals surface area contributed by atoms with Gasteiger partial charge in [-0.2, -0.15) is 0 Å². The molecule has 0 aromatic heterocycles. The molecule has 2 saturated heterocycles. The quantitative estimate of drug-likeness (QED) is 0.176. The molecular formula is C31H40N6O10. The van der Waals surface area contributed by atoms with Crippen molar-refractivity contribution in [2.45, 2.75) is 0 Å². The predicted molar refractivity (Wildman–Crippen MR) is 175 cm³/mol. The Morgan fingerprint density at radius 3 is 1.62 bits per heavy atom. The summed E-state index contributed by atoms with van der Waals surface area (Å²) in [6.07, 6.45) is 2.23. The molecule has 0 radical (unpaired) electrons. The summed E-state index contributed by atoms with van der Waals surface area (Å²) in [7, 11) is 3.83. The first kappa shape index (κ1) is 37.4. The Bertz CT molecular complexity index is 1360. The van der Waals surface area contributed by atoms with E-state index in [2.05, 4.69) is 27.1 Å². The number of benzene rings is 2. The molecule has 4 rings (SSSR count). The fourth-order valence-corrected chi connectivity index (χ4v) is 4.40. The maximum atomic E-state index is 12.9. The summed E-state index contributed by atoms with van der Waals surface area (Å²) in [6, 6.07) is 13.7. The van der Waals surface area contributed by atoms with Crippen LogP contribution in [0.15, 0.2) is 66.8 Å². The molecule has 0 spiro atoms. The van der Waals surface area contributed by atoms with E-state index in [0.717, 1.165) is 67.8 Å². The van der Waals surface area contributed by atoms with Crippen molar-refractivity contribution in [3.63, 3.8) is 0 Å². The Balaban J connectivity index is 0.000000397. The average Bonchev–Trinajstić information content (AvgIpc) is 3.04. The Kier molecular flexibility index (Phi) is 15.0. The summed E-state index contributed by atoms with van der Waals surface area (Å²) < 4.78 is 5.57.